The van der Waals surface area contributed by atoms with Crippen molar-refractivity contribution in [2.45, 2.75) is 0 Å². The summed E-state index contributed by atoms with van der Waals surface area (Å²) in [5.41, 5.74) is 2.62. The standard InChI is InChI=1S/C19H14ClNO3/c1-22-14-5-6-17-15(10-14)16(20)9-13(21-17)4-2-12-3-7-18-19(8-12)24-11-23-18/h2-10H,11H2,1H3. The van der Waals surface area contributed by atoms with Gasteiger partial charge in [-0.25, -0.2) is 4.98 Å². The Labute approximate surface area is 144 Å². The van der Waals surface area contributed by atoms with Gasteiger partial charge in [0.1, 0.15) is 5.75 Å². The molecular weight excluding hydrogens is 326 g/mol. The highest BCUT2D eigenvalue weighted by molar-refractivity contribution is 6.35. The van der Waals surface area contributed by atoms with E-state index in [4.69, 9.17) is 25.8 Å². The van der Waals surface area contributed by atoms with Crippen LogP contribution in [0.5, 0.6) is 17.2 Å². The van der Waals surface area contributed by atoms with Gasteiger partial charge in [0.2, 0.25) is 6.79 Å². The molecule has 0 atom stereocenters. The lowest BCUT2D eigenvalue weighted by molar-refractivity contribution is 0.174. The van der Waals surface area contributed by atoms with Gasteiger partial charge in [0.15, 0.2) is 11.5 Å². The van der Waals surface area contributed by atoms with E-state index in [1.165, 1.54) is 0 Å². The van der Waals surface area contributed by atoms with E-state index in [1.54, 1.807) is 7.11 Å². The number of nitrogens with zero attached hydrogens (tertiary/aromatic N) is 1. The number of methoxy groups -OCH3 is 1. The van der Waals surface area contributed by atoms with Gasteiger partial charge in [-0.15, -0.1) is 0 Å². The molecule has 0 aliphatic carbocycles. The zero-order chi connectivity index (χ0) is 16.5. The Morgan fingerprint density at radius 1 is 1.04 bits per heavy atom. The van der Waals surface area contributed by atoms with Gasteiger partial charge in [-0.05, 0) is 48.0 Å². The van der Waals surface area contributed by atoms with Crippen molar-refractivity contribution in [1.82, 2.24) is 4.98 Å². The lowest BCUT2D eigenvalue weighted by Crippen LogP contribution is -1.92. The Morgan fingerprint density at radius 2 is 1.92 bits per heavy atom. The predicted octanol–water partition coefficient (Wildman–Crippen LogP) is 4.80. The third kappa shape index (κ3) is 2.76. The van der Waals surface area contributed by atoms with Gasteiger partial charge in [-0.3, -0.25) is 0 Å². The summed E-state index contributed by atoms with van der Waals surface area (Å²) in [6.07, 6.45) is 3.89. The topological polar surface area (TPSA) is 40.6 Å². The van der Waals surface area contributed by atoms with Gasteiger partial charge >= 0.3 is 0 Å². The normalized spacial score (nSPS) is 12.9. The third-order valence-corrected chi connectivity index (χ3v) is 4.14. The van der Waals surface area contributed by atoms with Crippen molar-refractivity contribution in [3.05, 3.63) is 58.7 Å². The van der Waals surface area contributed by atoms with Crippen molar-refractivity contribution >= 4 is 34.7 Å². The monoisotopic (exact) mass is 339 g/mol. The number of benzene rings is 2. The number of aromatic nitrogens is 1. The molecule has 2 aromatic carbocycles. The number of halogens is 1. The molecule has 4 rings (SSSR count). The lowest BCUT2D eigenvalue weighted by atomic mass is 10.1. The van der Waals surface area contributed by atoms with Crippen LogP contribution >= 0.6 is 11.6 Å². The van der Waals surface area contributed by atoms with Crippen LogP contribution in [0.1, 0.15) is 11.3 Å². The quantitative estimate of drug-likeness (QED) is 0.687. The van der Waals surface area contributed by atoms with E-state index >= 15 is 0 Å². The number of pyridine rings is 1. The summed E-state index contributed by atoms with van der Waals surface area (Å²) >= 11 is 6.38. The largest absolute Gasteiger partial charge is 0.497 e. The molecule has 120 valence electrons. The average Bonchev–Trinajstić information content (AvgIpc) is 3.07. The molecule has 0 fully saturated rings. The van der Waals surface area contributed by atoms with E-state index in [2.05, 4.69) is 4.98 Å². The number of rotatable bonds is 3. The highest BCUT2D eigenvalue weighted by Crippen LogP contribution is 2.33. The smallest absolute Gasteiger partial charge is 0.231 e. The molecule has 1 aliphatic heterocycles. The summed E-state index contributed by atoms with van der Waals surface area (Å²) < 4.78 is 15.9. The molecule has 5 heteroatoms. The summed E-state index contributed by atoms with van der Waals surface area (Å²) in [4.78, 5) is 4.62. The van der Waals surface area contributed by atoms with Gasteiger partial charge < -0.3 is 14.2 Å². The van der Waals surface area contributed by atoms with Crippen molar-refractivity contribution in [3.8, 4) is 17.2 Å². The fraction of sp³-hybridized carbons (Fsp3) is 0.105. The maximum absolute atomic E-state index is 6.38. The minimum atomic E-state index is 0.272. The summed E-state index contributed by atoms with van der Waals surface area (Å²) in [7, 11) is 1.63. The maximum Gasteiger partial charge on any atom is 0.231 e. The van der Waals surface area contributed by atoms with E-state index in [-0.39, 0.29) is 6.79 Å². The van der Waals surface area contributed by atoms with E-state index < -0.39 is 0 Å². The van der Waals surface area contributed by atoms with E-state index in [9.17, 15) is 0 Å². The molecule has 0 spiro atoms. The van der Waals surface area contributed by atoms with Crippen LogP contribution < -0.4 is 14.2 Å². The SMILES string of the molecule is COc1ccc2nc(C=Cc3ccc4c(c3)OCO4)cc(Cl)c2c1. The van der Waals surface area contributed by atoms with Gasteiger partial charge in [0.05, 0.1) is 23.3 Å². The molecule has 2 heterocycles. The molecule has 0 bridgehead atoms. The number of fused-ring (bicyclic) bond motifs is 2. The van der Waals surface area contributed by atoms with Crippen LogP contribution in [0.2, 0.25) is 5.02 Å². The van der Waals surface area contributed by atoms with Gasteiger partial charge in [0, 0.05) is 5.39 Å². The highest BCUT2D eigenvalue weighted by atomic mass is 35.5. The second-order valence-electron chi connectivity index (χ2n) is 5.36. The van der Waals surface area contributed by atoms with Crippen LogP contribution in [-0.4, -0.2) is 18.9 Å². The molecule has 3 aromatic rings. The first kappa shape index (κ1) is 14.8. The molecule has 0 saturated heterocycles. The molecule has 4 nitrogen and oxygen atoms in total. The highest BCUT2D eigenvalue weighted by Gasteiger charge is 2.12. The van der Waals surface area contributed by atoms with Crippen LogP contribution in [0.15, 0.2) is 42.5 Å². The Bertz CT molecular complexity index is 953. The Hall–Kier alpha value is -2.72. The molecule has 0 unspecified atom stereocenters. The first-order valence-electron chi connectivity index (χ1n) is 7.45. The minimum absolute atomic E-state index is 0.272. The first-order valence-corrected chi connectivity index (χ1v) is 7.83. The molecule has 0 radical (unpaired) electrons. The molecule has 1 aliphatic rings. The molecular formula is C19H14ClNO3. The minimum Gasteiger partial charge on any atom is -0.497 e. The Morgan fingerprint density at radius 3 is 2.79 bits per heavy atom. The van der Waals surface area contributed by atoms with Crippen molar-refractivity contribution in [2.75, 3.05) is 13.9 Å². The first-order chi connectivity index (χ1) is 11.7. The third-order valence-electron chi connectivity index (χ3n) is 3.83. The van der Waals surface area contributed by atoms with E-state index in [0.717, 1.165) is 39.4 Å². The fourth-order valence-electron chi connectivity index (χ4n) is 2.59. The molecule has 0 saturated carbocycles. The summed E-state index contributed by atoms with van der Waals surface area (Å²) in [5.74, 6) is 2.29. The summed E-state index contributed by atoms with van der Waals surface area (Å²) in [6, 6.07) is 13.3. The Kier molecular flexibility index (Phi) is 3.75. The zero-order valence-electron chi connectivity index (χ0n) is 13.0. The predicted molar refractivity (Wildman–Crippen MR) is 94.8 cm³/mol. The van der Waals surface area contributed by atoms with Crippen LogP contribution in [0.4, 0.5) is 0 Å². The van der Waals surface area contributed by atoms with Crippen LogP contribution in [0.25, 0.3) is 23.1 Å². The number of hydrogen-bond donors (Lipinski definition) is 0. The molecule has 24 heavy (non-hydrogen) atoms. The van der Waals surface area contributed by atoms with E-state index in [1.807, 2.05) is 54.6 Å². The second kappa shape index (κ2) is 6.06. The fourth-order valence-corrected chi connectivity index (χ4v) is 2.86. The van der Waals surface area contributed by atoms with Crippen LogP contribution in [-0.2, 0) is 0 Å². The molecule has 1 aromatic heterocycles. The van der Waals surface area contributed by atoms with Gasteiger partial charge in [-0.2, -0.15) is 0 Å². The van der Waals surface area contributed by atoms with Crippen LogP contribution in [0.3, 0.4) is 0 Å². The summed E-state index contributed by atoms with van der Waals surface area (Å²) in [6.45, 7) is 0.272. The lowest BCUT2D eigenvalue weighted by Gasteiger charge is -2.05. The van der Waals surface area contributed by atoms with E-state index in [0.29, 0.717) is 5.02 Å². The van der Waals surface area contributed by atoms with Crippen LogP contribution in [0, 0.1) is 0 Å². The average molecular weight is 340 g/mol. The molecule has 0 amide bonds. The van der Waals surface area contributed by atoms with Crippen molar-refractivity contribution < 1.29 is 14.2 Å². The summed E-state index contributed by atoms with van der Waals surface area (Å²) in [5, 5.41) is 1.51. The second-order valence-corrected chi connectivity index (χ2v) is 5.77. The maximum atomic E-state index is 6.38. The van der Waals surface area contributed by atoms with Gasteiger partial charge in [-0.1, -0.05) is 23.7 Å². The zero-order valence-corrected chi connectivity index (χ0v) is 13.7. The van der Waals surface area contributed by atoms with Crippen molar-refractivity contribution in [2.24, 2.45) is 0 Å². The molecule has 0 N–H and O–H groups in total. The van der Waals surface area contributed by atoms with Gasteiger partial charge in [0.25, 0.3) is 0 Å². The number of ether oxygens (including phenoxy) is 3. The Balaban J connectivity index is 1.66. The number of hydrogen-bond acceptors (Lipinski definition) is 4. The van der Waals surface area contributed by atoms with Crippen molar-refractivity contribution in [1.29, 1.82) is 0 Å². The van der Waals surface area contributed by atoms with Crippen molar-refractivity contribution in [3.63, 3.8) is 0 Å².